The molecule has 0 atom stereocenters. The van der Waals surface area contributed by atoms with E-state index in [9.17, 15) is 18.0 Å². The Morgan fingerprint density at radius 3 is 2.38 bits per heavy atom. The van der Waals surface area contributed by atoms with Gasteiger partial charge in [-0.05, 0) is 6.07 Å². The van der Waals surface area contributed by atoms with E-state index in [4.69, 9.17) is 4.74 Å². The first kappa shape index (κ1) is 17.4. The molecule has 1 aliphatic heterocycles. The van der Waals surface area contributed by atoms with Gasteiger partial charge >= 0.3 is 6.18 Å². The lowest BCUT2D eigenvalue weighted by Crippen LogP contribution is -2.46. The average molecular weight is 326 g/mol. The monoisotopic (exact) mass is 325 g/mol. The highest BCUT2D eigenvalue weighted by Crippen LogP contribution is 2.35. The molecule has 0 bridgehead atoms. The van der Waals surface area contributed by atoms with Crippen LogP contribution < -0.4 is 9.64 Å². The van der Waals surface area contributed by atoms with E-state index < -0.39 is 11.7 Å². The minimum atomic E-state index is -4.45. The predicted molar refractivity (Wildman–Crippen MR) is 72.9 cm³/mol. The topological polar surface area (TPSA) is 45.7 Å². The van der Waals surface area contributed by atoms with Crippen molar-refractivity contribution in [3.8, 4) is 5.75 Å². The summed E-state index contributed by atoms with van der Waals surface area (Å²) in [6.45, 7) is 2.03. The predicted octanol–water partition coefficient (Wildman–Crippen LogP) is 1.81. The number of nitrogens with zero attached hydrogens (tertiary/aromatic N) is 3. The summed E-state index contributed by atoms with van der Waals surface area (Å²) in [6, 6.07) is 0.939. The highest BCUT2D eigenvalue weighted by molar-refractivity contribution is 5.85. The molecule has 1 aromatic rings. The molecule has 21 heavy (non-hydrogen) atoms. The van der Waals surface area contributed by atoms with Gasteiger partial charge in [-0.1, -0.05) is 0 Å². The molecule has 1 aliphatic rings. The van der Waals surface area contributed by atoms with Crippen molar-refractivity contribution in [2.24, 2.45) is 0 Å². The van der Waals surface area contributed by atoms with Gasteiger partial charge in [0.25, 0.3) is 0 Å². The zero-order valence-corrected chi connectivity index (χ0v) is 12.1. The van der Waals surface area contributed by atoms with Gasteiger partial charge < -0.3 is 14.5 Å². The zero-order valence-electron chi connectivity index (χ0n) is 11.3. The number of carbonyl (C=O) groups excluding carboxylic acids is 1. The molecule has 1 fully saturated rings. The van der Waals surface area contributed by atoms with Crippen molar-refractivity contribution in [1.82, 2.24) is 9.88 Å². The first-order valence-electron chi connectivity index (χ1n) is 6.01. The number of carbonyl (C=O) groups is 1. The average Bonchev–Trinajstić information content (AvgIpc) is 2.45. The second-order valence-electron chi connectivity index (χ2n) is 4.38. The lowest BCUT2D eigenvalue weighted by molar-refractivity contribution is -0.138. The highest BCUT2D eigenvalue weighted by Gasteiger charge is 2.32. The third kappa shape index (κ3) is 3.90. The Morgan fingerprint density at radius 1 is 1.29 bits per heavy atom. The standard InChI is InChI=1S/C12H14F3N3O2.ClH/c1-20-10-6-9(12(13,14)15)7-16-11(10)18-4-2-17(8-19)3-5-18;/h6-8H,2-5H2,1H3;1H. The number of rotatable bonds is 3. The summed E-state index contributed by atoms with van der Waals surface area (Å²) in [4.78, 5) is 17.9. The van der Waals surface area contributed by atoms with Crippen molar-refractivity contribution in [3.63, 3.8) is 0 Å². The van der Waals surface area contributed by atoms with Gasteiger partial charge in [0, 0.05) is 32.4 Å². The summed E-state index contributed by atoms with van der Waals surface area (Å²) in [5, 5.41) is 0. The van der Waals surface area contributed by atoms with E-state index in [2.05, 4.69) is 4.98 Å². The summed E-state index contributed by atoms with van der Waals surface area (Å²) in [6.07, 6.45) is -2.90. The normalized spacial score (nSPS) is 15.4. The largest absolute Gasteiger partial charge is 0.493 e. The molecular formula is C12H15ClF3N3O2. The lowest BCUT2D eigenvalue weighted by atomic mass is 10.2. The summed E-state index contributed by atoms with van der Waals surface area (Å²) in [5.74, 6) is 0.449. The Kier molecular flexibility index (Phi) is 5.65. The number of pyridine rings is 1. The molecule has 1 aromatic heterocycles. The summed E-state index contributed by atoms with van der Waals surface area (Å²) in [5.41, 5.74) is -0.843. The second-order valence-corrected chi connectivity index (χ2v) is 4.38. The van der Waals surface area contributed by atoms with Crippen LogP contribution in [0.3, 0.4) is 0 Å². The van der Waals surface area contributed by atoms with Gasteiger partial charge in [0.15, 0.2) is 11.6 Å². The van der Waals surface area contributed by atoms with Crippen LogP contribution in [0.4, 0.5) is 19.0 Å². The molecule has 2 heterocycles. The van der Waals surface area contributed by atoms with E-state index in [0.717, 1.165) is 18.7 Å². The molecule has 0 saturated carbocycles. The SMILES string of the molecule is COc1cc(C(F)(F)F)cnc1N1CCN(C=O)CC1.Cl. The molecule has 0 spiro atoms. The van der Waals surface area contributed by atoms with Gasteiger partial charge in [0.1, 0.15) is 0 Å². The fourth-order valence-electron chi connectivity index (χ4n) is 2.02. The van der Waals surface area contributed by atoms with E-state index in [-0.39, 0.29) is 18.2 Å². The summed E-state index contributed by atoms with van der Waals surface area (Å²) < 4.78 is 42.9. The molecule has 9 heteroatoms. The molecule has 5 nitrogen and oxygen atoms in total. The number of anilines is 1. The highest BCUT2D eigenvalue weighted by atomic mass is 35.5. The van der Waals surface area contributed by atoms with Crippen molar-refractivity contribution in [2.45, 2.75) is 6.18 Å². The Morgan fingerprint density at radius 2 is 1.90 bits per heavy atom. The maximum atomic E-state index is 12.6. The second kappa shape index (κ2) is 6.84. The van der Waals surface area contributed by atoms with Gasteiger partial charge in [-0.3, -0.25) is 4.79 Å². The van der Waals surface area contributed by atoms with E-state index in [1.165, 1.54) is 7.11 Å². The van der Waals surface area contributed by atoms with Gasteiger partial charge in [0.05, 0.1) is 12.7 Å². The maximum Gasteiger partial charge on any atom is 0.418 e. The molecule has 118 valence electrons. The molecule has 2 rings (SSSR count). The number of ether oxygens (including phenoxy) is 1. The first-order chi connectivity index (χ1) is 9.45. The molecule has 0 unspecified atom stereocenters. The van der Waals surface area contributed by atoms with Crippen LogP contribution in [-0.4, -0.2) is 49.6 Å². The van der Waals surface area contributed by atoms with Crippen LogP contribution in [0.2, 0.25) is 0 Å². The van der Waals surface area contributed by atoms with Crippen LogP contribution in [0.1, 0.15) is 5.56 Å². The molecule has 0 aromatic carbocycles. The van der Waals surface area contributed by atoms with Crippen LogP contribution in [0.5, 0.6) is 5.75 Å². The third-order valence-corrected chi connectivity index (χ3v) is 3.14. The fourth-order valence-corrected chi connectivity index (χ4v) is 2.02. The van der Waals surface area contributed by atoms with E-state index in [1.807, 2.05) is 0 Å². The fraction of sp³-hybridized carbons (Fsp3) is 0.500. The molecule has 1 saturated heterocycles. The van der Waals surface area contributed by atoms with E-state index in [0.29, 0.717) is 32.0 Å². The van der Waals surface area contributed by atoms with Crippen LogP contribution in [-0.2, 0) is 11.0 Å². The van der Waals surface area contributed by atoms with Gasteiger partial charge in [-0.25, -0.2) is 4.98 Å². The number of alkyl halides is 3. The number of halogens is 4. The van der Waals surface area contributed by atoms with Gasteiger partial charge in [-0.2, -0.15) is 13.2 Å². The van der Waals surface area contributed by atoms with E-state index >= 15 is 0 Å². The van der Waals surface area contributed by atoms with Gasteiger partial charge in [0.2, 0.25) is 6.41 Å². The minimum Gasteiger partial charge on any atom is -0.493 e. The van der Waals surface area contributed by atoms with Crippen LogP contribution in [0, 0.1) is 0 Å². The molecule has 0 N–H and O–H groups in total. The Labute approximate surface area is 126 Å². The Hall–Kier alpha value is -1.70. The maximum absolute atomic E-state index is 12.6. The summed E-state index contributed by atoms with van der Waals surface area (Å²) in [7, 11) is 1.31. The zero-order chi connectivity index (χ0) is 14.8. The van der Waals surface area contributed by atoms with Crippen molar-refractivity contribution < 1.29 is 22.7 Å². The van der Waals surface area contributed by atoms with Crippen molar-refractivity contribution in [3.05, 3.63) is 17.8 Å². The number of aromatic nitrogens is 1. The smallest absolute Gasteiger partial charge is 0.418 e. The number of hydrogen-bond acceptors (Lipinski definition) is 4. The lowest BCUT2D eigenvalue weighted by Gasteiger charge is -2.34. The van der Waals surface area contributed by atoms with Crippen molar-refractivity contribution in [1.29, 1.82) is 0 Å². The molecule has 0 aliphatic carbocycles. The van der Waals surface area contributed by atoms with E-state index in [1.54, 1.807) is 9.80 Å². The number of amides is 1. The summed E-state index contributed by atoms with van der Waals surface area (Å²) >= 11 is 0. The number of piperazine rings is 1. The van der Waals surface area contributed by atoms with Crippen molar-refractivity contribution in [2.75, 3.05) is 38.2 Å². The third-order valence-electron chi connectivity index (χ3n) is 3.14. The van der Waals surface area contributed by atoms with Crippen LogP contribution in [0.25, 0.3) is 0 Å². The van der Waals surface area contributed by atoms with Crippen LogP contribution in [0.15, 0.2) is 12.3 Å². The molecular weight excluding hydrogens is 311 g/mol. The Balaban J connectivity index is 0.00000220. The quantitative estimate of drug-likeness (QED) is 0.795. The number of methoxy groups -OCH3 is 1. The minimum absolute atomic E-state index is 0. The Bertz CT molecular complexity index is 491. The van der Waals surface area contributed by atoms with Gasteiger partial charge in [-0.15, -0.1) is 12.4 Å². The number of hydrogen-bond donors (Lipinski definition) is 0. The van der Waals surface area contributed by atoms with Crippen molar-refractivity contribution >= 4 is 24.6 Å². The first-order valence-corrected chi connectivity index (χ1v) is 6.01. The molecule has 0 radical (unpaired) electrons. The molecule has 1 amide bonds. The van der Waals surface area contributed by atoms with Crippen LogP contribution >= 0.6 is 12.4 Å².